The highest BCUT2D eigenvalue weighted by molar-refractivity contribution is 7.25. The topological polar surface area (TPSA) is 3.24 Å². The van der Waals surface area contributed by atoms with Crippen LogP contribution in [0.2, 0.25) is 0 Å². The summed E-state index contributed by atoms with van der Waals surface area (Å²) in [6.45, 7) is 0. The van der Waals surface area contributed by atoms with Crippen LogP contribution in [0.3, 0.4) is 0 Å². The van der Waals surface area contributed by atoms with E-state index in [0.717, 1.165) is 11.4 Å². The molecule has 1 nitrogen and oxygen atoms in total. The first-order valence-electron chi connectivity index (χ1n) is 16.4. The van der Waals surface area contributed by atoms with Crippen molar-refractivity contribution in [2.45, 2.75) is 0 Å². The number of fused-ring (bicyclic) bond motifs is 9. The Kier molecular flexibility index (Phi) is 6.12. The molecule has 0 aliphatic carbocycles. The second-order valence-corrected chi connectivity index (χ2v) is 13.6. The molecule has 0 amide bonds. The van der Waals surface area contributed by atoms with Crippen molar-refractivity contribution < 1.29 is 0 Å². The van der Waals surface area contributed by atoms with Crippen molar-refractivity contribution in [3.8, 4) is 11.1 Å². The molecule has 1 heterocycles. The maximum absolute atomic E-state index is 2.46. The molecule has 0 saturated heterocycles. The molecule has 48 heavy (non-hydrogen) atoms. The number of rotatable bonds is 4. The SMILES string of the molecule is c1ccc(-c2cccc(N(c3ccc4c(c3)sc3cc5ccccc5cc34)c3cc4ccc5ccccc5c4c4ccccc34)c2)cc1. The van der Waals surface area contributed by atoms with Gasteiger partial charge >= 0.3 is 0 Å². The molecule has 0 saturated carbocycles. The Labute approximate surface area is 282 Å². The van der Waals surface area contributed by atoms with Crippen LogP contribution in [0.4, 0.5) is 17.1 Å². The molecular formula is C46H29NS. The average molecular weight is 628 g/mol. The van der Waals surface area contributed by atoms with Crippen molar-refractivity contribution in [2.24, 2.45) is 0 Å². The van der Waals surface area contributed by atoms with Crippen molar-refractivity contribution in [1.29, 1.82) is 0 Å². The van der Waals surface area contributed by atoms with Crippen LogP contribution in [0, 0.1) is 0 Å². The summed E-state index contributed by atoms with van der Waals surface area (Å²) in [7, 11) is 0. The van der Waals surface area contributed by atoms with E-state index in [-0.39, 0.29) is 0 Å². The van der Waals surface area contributed by atoms with Gasteiger partial charge in [0, 0.05) is 36.9 Å². The summed E-state index contributed by atoms with van der Waals surface area (Å²) >= 11 is 1.88. The summed E-state index contributed by atoms with van der Waals surface area (Å²) < 4.78 is 2.61. The molecule has 0 atom stereocenters. The molecule has 0 bridgehead atoms. The van der Waals surface area contributed by atoms with Gasteiger partial charge in [0.2, 0.25) is 0 Å². The van der Waals surface area contributed by atoms with Gasteiger partial charge < -0.3 is 4.90 Å². The Bertz CT molecular complexity index is 2850. The fraction of sp³-hybridized carbons (Fsp3) is 0. The van der Waals surface area contributed by atoms with E-state index in [1.807, 2.05) is 11.3 Å². The summed E-state index contributed by atoms with van der Waals surface area (Å²) in [6.07, 6.45) is 0. The fourth-order valence-corrected chi connectivity index (χ4v) is 8.69. The Morgan fingerprint density at radius 1 is 0.333 bits per heavy atom. The third kappa shape index (κ3) is 4.31. The molecule has 2 heteroatoms. The number of anilines is 3. The third-order valence-corrected chi connectivity index (χ3v) is 10.9. The summed E-state index contributed by atoms with van der Waals surface area (Å²) in [5.74, 6) is 0. The first kappa shape index (κ1) is 27.2. The Balaban J connectivity index is 1.26. The van der Waals surface area contributed by atoms with E-state index in [1.165, 1.54) is 80.1 Å². The van der Waals surface area contributed by atoms with Crippen molar-refractivity contribution in [1.82, 2.24) is 0 Å². The van der Waals surface area contributed by atoms with Crippen LogP contribution in [0.25, 0.3) is 74.4 Å². The monoisotopic (exact) mass is 627 g/mol. The summed E-state index contributed by atoms with van der Waals surface area (Å²) in [6, 6.07) is 64.6. The van der Waals surface area contributed by atoms with Gasteiger partial charge in [-0.25, -0.2) is 0 Å². The molecule has 0 spiro atoms. The number of hydrogen-bond acceptors (Lipinski definition) is 2. The van der Waals surface area contributed by atoms with Crippen molar-refractivity contribution in [3.63, 3.8) is 0 Å². The van der Waals surface area contributed by atoms with Gasteiger partial charge in [0.05, 0.1) is 5.69 Å². The summed E-state index contributed by atoms with van der Waals surface area (Å²) in [5.41, 5.74) is 5.86. The highest BCUT2D eigenvalue weighted by atomic mass is 32.1. The molecule has 0 aliphatic heterocycles. The number of nitrogens with zero attached hydrogens (tertiary/aromatic N) is 1. The Hall–Kier alpha value is -5.96. The van der Waals surface area contributed by atoms with E-state index in [4.69, 9.17) is 0 Å². The minimum Gasteiger partial charge on any atom is -0.310 e. The van der Waals surface area contributed by atoms with Gasteiger partial charge in [0.1, 0.15) is 0 Å². The first-order chi connectivity index (χ1) is 23.8. The van der Waals surface area contributed by atoms with Crippen molar-refractivity contribution in [3.05, 3.63) is 176 Å². The maximum Gasteiger partial charge on any atom is 0.0546 e. The Morgan fingerprint density at radius 3 is 1.83 bits per heavy atom. The van der Waals surface area contributed by atoms with E-state index in [9.17, 15) is 0 Å². The molecule has 0 N–H and O–H groups in total. The summed E-state index contributed by atoms with van der Waals surface area (Å²) in [4.78, 5) is 2.46. The predicted molar refractivity (Wildman–Crippen MR) is 209 cm³/mol. The molecule has 0 aliphatic rings. The quantitative estimate of drug-likeness (QED) is 0.176. The molecule has 9 aromatic carbocycles. The van der Waals surface area contributed by atoms with Crippen LogP contribution in [-0.2, 0) is 0 Å². The molecular weight excluding hydrogens is 599 g/mol. The lowest BCUT2D eigenvalue weighted by molar-refractivity contribution is 1.31. The van der Waals surface area contributed by atoms with Crippen LogP contribution >= 0.6 is 11.3 Å². The van der Waals surface area contributed by atoms with Crippen LogP contribution in [0.1, 0.15) is 0 Å². The lowest BCUT2D eigenvalue weighted by atomic mass is 9.94. The average Bonchev–Trinajstić information content (AvgIpc) is 3.50. The molecule has 0 fully saturated rings. The zero-order chi connectivity index (χ0) is 31.6. The molecule has 0 unspecified atom stereocenters. The predicted octanol–water partition coefficient (Wildman–Crippen LogP) is 13.8. The zero-order valence-electron chi connectivity index (χ0n) is 26.1. The van der Waals surface area contributed by atoms with E-state index < -0.39 is 0 Å². The molecule has 1 aromatic heterocycles. The van der Waals surface area contributed by atoms with Crippen LogP contribution in [0.15, 0.2) is 176 Å². The van der Waals surface area contributed by atoms with Gasteiger partial charge in [-0.05, 0) is 91.3 Å². The molecule has 0 radical (unpaired) electrons. The minimum absolute atomic E-state index is 1.13. The van der Waals surface area contributed by atoms with Gasteiger partial charge in [-0.1, -0.05) is 133 Å². The highest BCUT2D eigenvalue weighted by Gasteiger charge is 2.20. The van der Waals surface area contributed by atoms with Crippen molar-refractivity contribution >= 4 is 91.7 Å². The number of hydrogen-bond donors (Lipinski definition) is 0. The number of thiophene rings is 1. The molecule has 10 rings (SSSR count). The Morgan fingerprint density at radius 2 is 0.979 bits per heavy atom. The maximum atomic E-state index is 2.46. The van der Waals surface area contributed by atoms with Crippen LogP contribution < -0.4 is 4.90 Å². The van der Waals surface area contributed by atoms with Gasteiger partial charge in [0.25, 0.3) is 0 Å². The number of benzene rings is 9. The van der Waals surface area contributed by atoms with E-state index in [1.54, 1.807) is 0 Å². The normalized spacial score (nSPS) is 11.8. The third-order valence-electron chi connectivity index (χ3n) is 9.76. The van der Waals surface area contributed by atoms with Crippen LogP contribution in [0.5, 0.6) is 0 Å². The minimum atomic E-state index is 1.13. The zero-order valence-corrected chi connectivity index (χ0v) is 26.9. The van der Waals surface area contributed by atoms with Gasteiger partial charge in [-0.15, -0.1) is 11.3 Å². The lowest BCUT2D eigenvalue weighted by Gasteiger charge is -2.28. The van der Waals surface area contributed by atoms with Crippen molar-refractivity contribution in [2.75, 3.05) is 4.90 Å². The van der Waals surface area contributed by atoms with E-state index in [0.29, 0.717) is 0 Å². The van der Waals surface area contributed by atoms with Crippen LogP contribution in [-0.4, -0.2) is 0 Å². The second kappa shape index (κ2) is 10.8. The fourth-order valence-electron chi connectivity index (χ4n) is 7.52. The molecule has 224 valence electrons. The largest absolute Gasteiger partial charge is 0.310 e. The smallest absolute Gasteiger partial charge is 0.0546 e. The second-order valence-electron chi connectivity index (χ2n) is 12.6. The highest BCUT2D eigenvalue weighted by Crippen LogP contribution is 2.46. The van der Waals surface area contributed by atoms with Gasteiger partial charge in [-0.2, -0.15) is 0 Å². The first-order valence-corrected chi connectivity index (χ1v) is 17.2. The van der Waals surface area contributed by atoms with E-state index in [2.05, 4.69) is 181 Å². The van der Waals surface area contributed by atoms with Gasteiger partial charge in [0.15, 0.2) is 0 Å². The molecule has 10 aromatic rings. The summed E-state index contributed by atoms with van der Waals surface area (Å²) in [5, 5.41) is 12.8. The van der Waals surface area contributed by atoms with Gasteiger partial charge in [-0.3, -0.25) is 0 Å². The standard InChI is InChI=1S/C46H29NS/c1-2-11-30(12-3-1)32-16-10-17-36(25-32)47(37-23-24-40-42-26-33-14-4-5-15-34(33)28-44(42)48-45(40)29-37)43-27-35-22-21-31-13-6-7-18-38(31)46(35)41-20-9-8-19-39(41)43/h1-29H. The lowest BCUT2D eigenvalue weighted by Crippen LogP contribution is -2.10. The van der Waals surface area contributed by atoms with E-state index >= 15 is 0 Å².